The number of para-hydroxylation sites is 3. The first kappa shape index (κ1) is 34.2. The zero-order valence-electron chi connectivity index (χ0n) is 32.6. The van der Waals surface area contributed by atoms with Crippen LogP contribution in [0.3, 0.4) is 0 Å². The highest BCUT2D eigenvalue weighted by atomic mass is 28.3. The maximum atomic E-state index is 6.54. The first-order valence-corrected chi connectivity index (χ1v) is 21.9. The lowest BCUT2D eigenvalue weighted by atomic mass is 9.74. The molecule has 58 heavy (non-hydrogen) atoms. The fourth-order valence-electron chi connectivity index (χ4n) is 9.58. The van der Waals surface area contributed by atoms with Crippen molar-refractivity contribution < 1.29 is 4.42 Å². The summed E-state index contributed by atoms with van der Waals surface area (Å²) in [5, 5.41) is 7.44. The summed E-state index contributed by atoms with van der Waals surface area (Å²) in [6, 6.07) is 66.2. The second-order valence-electron chi connectivity index (χ2n) is 15.9. The van der Waals surface area contributed by atoms with Crippen molar-refractivity contribution in [3.63, 3.8) is 0 Å². The van der Waals surface area contributed by atoms with Gasteiger partial charge < -0.3 is 8.98 Å². The molecule has 6 heteroatoms. The quantitative estimate of drug-likeness (QED) is 0.125. The van der Waals surface area contributed by atoms with E-state index >= 15 is 0 Å². The van der Waals surface area contributed by atoms with Gasteiger partial charge in [-0.1, -0.05) is 147 Å². The largest absolute Gasteiger partial charge is 0.456 e. The Balaban J connectivity index is 1.18. The summed E-state index contributed by atoms with van der Waals surface area (Å²) in [4.78, 5) is 12.6. The molecule has 7 aromatic carbocycles. The predicted octanol–water partition coefficient (Wildman–Crippen LogP) is 10.0. The van der Waals surface area contributed by atoms with Crippen molar-refractivity contribution in [3.8, 4) is 11.4 Å². The SMILES string of the molecule is Cn1c(-c2cccc([Si](c3ccccc3)(c3ccccc3)c3cccc(N4c5cc6oc7ccccc7c6cc5C(C)(C)c5cccnc54)c3)c2)nc2ccccc21. The van der Waals surface area contributed by atoms with Crippen LogP contribution in [0.1, 0.15) is 25.0 Å². The third-order valence-corrected chi connectivity index (χ3v) is 17.1. The molecule has 0 N–H and O–H groups in total. The van der Waals surface area contributed by atoms with Gasteiger partial charge in [-0.05, 0) is 68.8 Å². The van der Waals surface area contributed by atoms with Crippen LogP contribution in [0.2, 0.25) is 0 Å². The second-order valence-corrected chi connectivity index (χ2v) is 19.7. The Morgan fingerprint density at radius 2 is 1.22 bits per heavy atom. The lowest BCUT2D eigenvalue weighted by Gasteiger charge is -2.41. The Morgan fingerprint density at radius 3 is 2.00 bits per heavy atom. The monoisotopic (exact) mass is 764 g/mol. The Hall–Kier alpha value is -7.02. The van der Waals surface area contributed by atoms with Gasteiger partial charge in [0.05, 0.1) is 16.7 Å². The van der Waals surface area contributed by atoms with Crippen LogP contribution in [-0.4, -0.2) is 22.6 Å². The molecule has 1 aliphatic heterocycles. The van der Waals surface area contributed by atoms with Gasteiger partial charge >= 0.3 is 0 Å². The van der Waals surface area contributed by atoms with Crippen molar-refractivity contribution in [3.05, 3.63) is 199 Å². The average Bonchev–Trinajstić information content (AvgIpc) is 3.81. The molecule has 11 rings (SSSR count). The number of imidazole rings is 1. The van der Waals surface area contributed by atoms with Gasteiger partial charge in [-0.25, -0.2) is 9.97 Å². The van der Waals surface area contributed by atoms with Crippen LogP contribution in [0.15, 0.2) is 193 Å². The number of hydrogen-bond acceptors (Lipinski definition) is 4. The minimum absolute atomic E-state index is 0.303. The Kier molecular flexibility index (Phi) is 7.68. The predicted molar refractivity (Wildman–Crippen MR) is 242 cm³/mol. The fourth-order valence-corrected chi connectivity index (χ4v) is 14.4. The van der Waals surface area contributed by atoms with Gasteiger partial charge in [-0.15, -0.1) is 0 Å². The molecular formula is C52H40N4OSi. The van der Waals surface area contributed by atoms with E-state index < -0.39 is 8.07 Å². The van der Waals surface area contributed by atoms with E-state index in [1.54, 1.807) is 0 Å². The fraction of sp³-hybridized carbons (Fsp3) is 0.0769. The van der Waals surface area contributed by atoms with Crippen LogP contribution in [0, 0.1) is 0 Å². The van der Waals surface area contributed by atoms with Gasteiger partial charge in [0, 0.05) is 52.3 Å². The van der Waals surface area contributed by atoms with Crippen LogP contribution in [0.5, 0.6) is 0 Å². The van der Waals surface area contributed by atoms with E-state index in [0.717, 1.165) is 61.6 Å². The number of hydrogen-bond donors (Lipinski definition) is 0. The van der Waals surface area contributed by atoms with Crippen molar-refractivity contribution in [2.45, 2.75) is 19.3 Å². The molecule has 0 atom stereocenters. The number of rotatable bonds is 6. The van der Waals surface area contributed by atoms with Crippen LogP contribution in [-0.2, 0) is 12.5 Å². The summed E-state index contributed by atoms with van der Waals surface area (Å²) in [5.74, 6) is 1.89. The van der Waals surface area contributed by atoms with Crippen LogP contribution < -0.4 is 25.6 Å². The Bertz CT molecular complexity index is 3140. The molecule has 5 nitrogen and oxygen atoms in total. The highest BCUT2D eigenvalue weighted by Gasteiger charge is 2.43. The smallest absolute Gasteiger partial charge is 0.179 e. The van der Waals surface area contributed by atoms with Crippen LogP contribution in [0.4, 0.5) is 17.2 Å². The molecule has 278 valence electrons. The molecular weight excluding hydrogens is 725 g/mol. The summed E-state index contributed by atoms with van der Waals surface area (Å²) in [7, 11) is -0.882. The third-order valence-electron chi connectivity index (χ3n) is 12.4. The number of benzene rings is 7. The first-order chi connectivity index (χ1) is 28.4. The molecule has 0 saturated heterocycles. The lowest BCUT2D eigenvalue weighted by molar-refractivity contribution is 0.626. The Morgan fingerprint density at radius 1 is 0.552 bits per heavy atom. The number of aryl methyl sites for hydroxylation is 1. The number of pyridine rings is 1. The molecule has 0 aliphatic carbocycles. The summed E-state index contributed by atoms with van der Waals surface area (Å²) < 4.78 is 8.75. The summed E-state index contributed by atoms with van der Waals surface area (Å²) in [6.45, 7) is 4.63. The van der Waals surface area contributed by atoms with E-state index in [1.165, 1.54) is 31.9 Å². The van der Waals surface area contributed by atoms with E-state index in [-0.39, 0.29) is 5.41 Å². The summed E-state index contributed by atoms with van der Waals surface area (Å²) in [5.41, 5.74) is 9.22. The van der Waals surface area contributed by atoms with Gasteiger partial charge in [0.25, 0.3) is 0 Å². The van der Waals surface area contributed by atoms with Gasteiger partial charge in [-0.2, -0.15) is 0 Å². The van der Waals surface area contributed by atoms with E-state index in [0.29, 0.717) is 0 Å². The van der Waals surface area contributed by atoms with Gasteiger partial charge in [0.1, 0.15) is 22.8 Å². The maximum absolute atomic E-state index is 6.54. The molecule has 0 saturated carbocycles. The number of anilines is 3. The van der Waals surface area contributed by atoms with E-state index in [9.17, 15) is 0 Å². The molecule has 4 heterocycles. The molecule has 3 aromatic heterocycles. The highest BCUT2D eigenvalue weighted by molar-refractivity contribution is 7.20. The molecule has 0 spiro atoms. The van der Waals surface area contributed by atoms with E-state index in [2.05, 4.69) is 206 Å². The maximum Gasteiger partial charge on any atom is 0.179 e. The van der Waals surface area contributed by atoms with Crippen molar-refractivity contribution in [2.75, 3.05) is 4.90 Å². The Labute approximate surface area is 338 Å². The minimum Gasteiger partial charge on any atom is -0.456 e. The van der Waals surface area contributed by atoms with Crippen molar-refractivity contribution in [1.29, 1.82) is 0 Å². The molecule has 0 radical (unpaired) electrons. The van der Waals surface area contributed by atoms with E-state index in [1.807, 2.05) is 12.3 Å². The summed E-state index contributed by atoms with van der Waals surface area (Å²) >= 11 is 0. The third kappa shape index (κ3) is 5.01. The number of nitrogens with zero attached hydrogens (tertiary/aromatic N) is 4. The van der Waals surface area contributed by atoms with Crippen LogP contribution in [0.25, 0.3) is 44.4 Å². The highest BCUT2D eigenvalue weighted by Crippen LogP contribution is 2.52. The molecule has 1 aliphatic rings. The molecule has 0 amide bonds. The molecule has 0 bridgehead atoms. The average molecular weight is 765 g/mol. The van der Waals surface area contributed by atoms with Gasteiger partial charge in [0.15, 0.2) is 8.07 Å². The topological polar surface area (TPSA) is 47.1 Å². The van der Waals surface area contributed by atoms with Crippen molar-refractivity contribution in [1.82, 2.24) is 14.5 Å². The standard InChI is InChI=1S/C52H40N4OSi/c1-52(2)43-26-16-30-53-51(43)56(47-34-49-42(33-44(47)52)41-25-10-13-29-48(41)57-49)36-18-15-24-40(32-36)58(37-19-6-4-7-20-37,38-21-8-5-9-22-38)39-23-14-17-35(31-39)50-54-45-27-11-12-28-46(45)55(50)3/h4-34H,1-3H3. The zero-order chi connectivity index (χ0) is 39.0. The summed E-state index contributed by atoms with van der Waals surface area (Å²) in [6.07, 6.45) is 1.91. The van der Waals surface area contributed by atoms with Crippen molar-refractivity contribution >= 4 is 79.0 Å². The van der Waals surface area contributed by atoms with Crippen molar-refractivity contribution in [2.24, 2.45) is 7.05 Å². The minimum atomic E-state index is -3.00. The second kappa shape index (κ2) is 13.0. The molecule has 0 unspecified atom stereocenters. The normalized spacial score (nSPS) is 13.5. The molecule has 0 fully saturated rings. The zero-order valence-corrected chi connectivity index (χ0v) is 33.6. The lowest BCUT2D eigenvalue weighted by Crippen LogP contribution is -2.74. The first-order valence-electron chi connectivity index (χ1n) is 19.9. The number of aromatic nitrogens is 3. The van der Waals surface area contributed by atoms with Gasteiger partial charge in [-0.3, -0.25) is 4.90 Å². The van der Waals surface area contributed by atoms with E-state index in [4.69, 9.17) is 14.4 Å². The number of fused-ring (bicyclic) bond motifs is 6. The molecule has 10 aromatic rings. The number of furan rings is 1. The van der Waals surface area contributed by atoms with Gasteiger partial charge in [0.2, 0.25) is 0 Å². The van der Waals surface area contributed by atoms with Crippen LogP contribution >= 0.6 is 0 Å².